The van der Waals surface area contributed by atoms with Gasteiger partial charge in [-0.05, 0) is 39.0 Å². The standard InChI is InChI=1S/C21H30N4O3/c1-5-22-21(25-15-17-10-9-13-23-20(17)27-6-2)24-14-16(3)28-19-12-8-7-11-18(19)26-4/h7-13,16H,5-6,14-15H2,1-4H3,(H2,22,24,25). The smallest absolute Gasteiger partial charge is 0.218 e. The minimum atomic E-state index is -0.0717. The second-order valence-corrected chi connectivity index (χ2v) is 6.06. The van der Waals surface area contributed by atoms with Crippen molar-refractivity contribution in [3.63, 3.8) is 0 Å². The molecule has 28 heavy (non-hydrogen) atoms. The van der Waals surface area contributed by atoms with E-state index in [9.17, 15) is 0 Å². The summed E-state index contributed by atoms with van der Waals surface area (Å²) in [4.78, 5) is 8.90. The second-order valence-electron chi connectivity index (χ2n) is 6.06. The average Bonchev–Trinajstić information content (AvgIpc) is 2.71. The molecule has 0 bridgehead atoms. The largest absolute Gasteiger partial charge is 0.493 e. The molecule has 0 saturated heterocycles. The summed E-state index contributed by atoms with van der Waals surface area (Å²) in [7, 11) is 1.63. The van der Waals surface area contributed by atoms with Gasteiger partial charge >= 0.3 is 0 Å². The first-order valence-electron chi connectivity index (χ1n) is 9.56. The lowest BCUT2D eigenvalue weighted by Crippen LogP contribution is -2.41. The van der Waals surface area contributed by atoms with Crippen molar-refractivity contribution < 1.29 is 14.2 Å². The average molecular weight is 386 g/mol. The van der Waals surface area contributed by atoms with E-state index >= 15 is 0 Å². The van der Waals surface area contributed by atoms with Crippen LogP contribution in [0.3, 0.4) is 0 Å². The van der Waals surface area contributed by atoms with Gasteiger partial charge in [-0.2, -0.15) is 0 Å². The monoisotopic (exact) mass is 386 g/mol. The fraction of sp³-hybridized carbons (Fsp3) is 0.429. The molecule has 0 spiro atoms. The fourth-order valence-electron chi connectivity index (χ4n) is 2.53. The summed E-state index contributed by atoms with van der Waals surface area (Å²) in [6, 6.07) is 11.5. The van der Waals surface area contributed by atoms with Gasteiger partial charge in [-0.15, -0.1) is 0 Å². The molecular formula is C21H30N4O3. The molecule has 2 N–H and O–H groups in total. The molecule has 0 aliphatic carbocycles. The van der Waals surface area contributed by atoms with Gasteiger partial charge in [0.25, 0.3) is 0 Å². The third-order valence-corrected chi connectivity index (χ3v) is 3.84. The molecule has 2 rings (SSSR count). The molecule has 0 aliphatic rings. The number of hydrogen-bond acceptors (Lipinski definition) is 5. The molecule has 1 unspecified atom stereocenters. The number of guanidine groups is 1. The number of aliphatic imine (C=N–C) groups is 1. The van der Waals surface area contributed by atoms with E-state index in [2.05, 4.69) is 20.6 Å². The molecule has 0 amide bonds. The number of nitrogens with zero attached hydrogens (tertiary/aromatic N) is 2. The third-order valence-electron chi connectivity index (χ3n) is 3.84. The second kappa shape index (κ2) is 11.7. The Morgan fingerprint density at radius 1 is 1.11 bits per heavy atom. The van der Waals surface area contributed by atoms with Crippen LogP contribution >= 0.6 is 0 Å². The summed E-state index contributed by atoms with van der Waals surface area (Å²) < 4.78 is 16.9. The van der Waals surface area contributed by atoms with Gasteiger partial charge in [0.1, 0.15) is 6.10 Å². The summed E-state index contributed by atoms with van der Waals surface area (Å²) >= 11 is 0. The first-order chi connectivity index (χ1) is 13.7. The normalized spacial score (nSPS) is 12.2. The Morgan fingerprint density at radius 3 is 2.61 bits per heavy atom. The number of ether oxygens (including phenoxy) is 3. The maximum Gasteiger partial charge on any atom is 0.218 e. The molecule has 152 valence electrons. The van der Waals surface area contributed by atoms with E-state index in [0.29, 0.717) is 31.5 Å². The number of benzene rings is 1. The highest BCUT2D eigenvalue weighted by atomic mass is 16.5. The van der Waals surface area contributed by atoms with Crippen LogP contribution in [0.5, 0.6) is 17.4 Å². The number of hydrogen-bond donors (Lipinski definition) is 2. The van der Waals surface area contributed by atoms with E-state index in [1.54, 1.807) is 13.3 Å². The Bertz CT molecular complexity index is 752. The fourth-order valence-corrected chi connectivity index (χ4v) is 2.53. The molecule has 0 saturated carbocycles. The van der Waals surface area contributed by atoms with Crippen molar-refractivity contribution in [3.8, 4) is 17.4 Å². The Kier molecular flexibility index (Phi) is 8.91. The predicted molar refractivity (Wildman–Crippen MR) is 111 cm³/mol. The molecule has 1 aromatic heterocycles. The molecule has 1 atom stereocenters. The van der Waals surface area contributed by atoms with Crippen molar-refractivity contribution in [3.05, 3.63) is 48.2 Å². The first-order valence-corrected chi connectivity index (χ1v) is 9.56. The summed E-state index contributed by atoms with van der Waals surface area (Å²) in [6.07, 6.45) is 1.65. The molecule has 1 aromatic carbocycles. The lowest BCUT2D eigenvalue weighted by Gasteiger charge is -2.19. The van der Waals surface area contributed by atoms with Crippen LogP contribution in [-0.2, 0) is 6.54 Å². The summed E-state index contributed by atoms with van der Waals surface area (Å²) in [5.74, 6) is 2.77. The van der Waals surface area contributed by atoms with E-state index in [1.165, 1.54) is 0 Å². The van der Waals surface area contributed by atoms with Crippen LogP contribution in [0.25, 0.3) is 0 Å². The zero-order chi connectivity index (χ0) is 20.2. The van der Waals surface area contributed by atoms with Crippen molar-refractivity contribution in [2.75, 3.05) is 26.8 Å². The number of aromatic nitrogens is 1. The van der Waals surface area contributed by atoms with Crippen molar-refractivity contribution in [2.45, 2.75) is 33.4 Å². The van der Waals surface area contributed by atoms with Crippen LogP contribution in [-0.4, -0.2) is 43.9 Å². The van der Waals surface area contributed by atoms with E-state index in [4.69, 9.17) is 14.2 Å². The van der Waals surface area contributed by atoms with Crippen molar-refractivity contribution in [1.29, 1.82) is 0 Å². The van der Waals surface area contributed by atoms with Crippen molar-refractivity contribution >= 4 is 5.96 Å². The Hall–Kier alpha value is -2.96. The van der Waals surface area contributed by atoms with E-state index in [0.717, 1.165) is 23.6 Å². The molecule has 2 aromatic rings. The van der Waals surface area contributed by atoms with Gasteiger partial charge in [0.05, 0.1) is 26.8 Å². The van der Waals surface area contributed by atoms with E-state index < -0.39 is 0 Å². The maximum atomic E-state index is 5.98. The molecular weight excluding hydrogens is 356 g/mol. The molecule has 7 heteroatoms. The van der Waals surface area contributed by atoms with Crippen molar-refractivity contribution in [1.82, 2.24) is 15.6 Å². The summed E-state index contributed by atoms with van der Waals surface area (Å²) in [5, 5.41) is 6.56. The van der Waals surface area contributed by atoms with Gasteiger partial charge in [0.2, 0.25) is 5.88 Å². The Balaban J connectivity index is 1.95. The van der Waals surface area contributed by atoms with E-state index in [-0.39, 0.29) is 6.10 Å². The molecule has 1 heterocycles. The molecule has 0 fully saturated rings. The van der Waals surface area contributed by atoms with Crippen LogP contribution < -0.4 is 24.8 Å². The Labute approximate surface area is 167 Å². The van der Waals surface area contributed by atoms with Gasteiger partial charge in [-0.1, -0.05) is 18.2 Å². The minimum Gasteiger partial charge on any atom is -0.493 e. The lowest BCUT2D eigenvalue weighted by molar-refractivity contribution is 0.213. The van der Waals surface area contributed by atoms with Crippen LogP contribution in [0.2, 0.25) is 0 Å². The number of nitrogens with one attached hydrogen (secondary N) is 2. The zero-order valence-corrected chi connectivity index (χ0v) is 17.1. The quantitative estimate of drug-likeness (QED) is 0.483. The van der Waals surface area contributed by atoms with Gasteiger partial charge in [0, 0.05) is 18.3 Å². The van der Waals surface area contributed by atoms with Crippen molar-refractivity contribution in [2.24, 2.45) is 4.99 Å². The van der Waals surface area contributed by atoms with Gasteiger partial charge in [-0.3, -0.25) is 0 Å². The predicted octanol–water partition coefficient (Wildman–Crippen LogP) is 3.01. The zero-order valence-electron chi connectivity index (χ0n) is 17.1. The van der Waals surface area contributed by atoms with Crippen LogP contribution in [0, 0.1) is 0 Å². The number of rotatable bonds is 10. The van der Waals surface area contributed by atoms with E-state index in [1.807, 2.05) is 57.2 Å². The first kappa shape index (κ1) is 21.3. The van der Waals surface area contributed by atoms with Gasteiger partial charge in [-0.25, -0.2) is 9.98 Å². The molecule has 0 aliphatic heterocycles. The number of para-hydroxylation sites is 2. The lowest BCUT2D eigenvalue weighted by atomic mass is 10.3. The highest BCUT2D eigenvalue weighted by molar-refractivity contribution is 5.79. The van der Waals surface area contributed by atoms with Crippen LogP contribution in [0.1, 0.15) is 26.3 Å². The summed E-state index contributed by atoms with van der Waals surface area (Å²) in [5.41, 5.74) is 0.944. The maximum absolute atomic E-state index is 5.98. The topological polar surface area (TPSA) is 77.0 Å². The van der Waals surface area contributed by atoms with Crippen LogP contribution in [0.15, 0.2) is 47.6 Å². The molecule has 7 nitrogen and oxygen atoms in total. The van der Waals surface area contributed by atoms with Gasteiger partial charge in [0.15, 0.2) is 17.5 Å². The SMILES string of the molecule is CCNC(=NCc1cccnc1OCC)NCC(C)Oc1ccccc1OC. The number of pyridine rings is 1. The van der Waals surface area contributed by atoms with Crippen LogP contribution in [0.4, 0.5) is 0 Å². The number of methoxy groups -OCH3 is 1. The molecule has 0 radical (unpaired) electrons. The van der Waals surface area contributed by atoms with Gasteiger partial charge < -0.3 is 24.8 Å². The summed E-state index contributed by atoms with van der Waals surface area (Å²) in [6.45, 7) is 8.37. The minimum absolute atomic E-state index is 0.0717. The third kappa shape index (κ3) is 6.64. The Morgan fingerprint density at radius 2 is 1.89 bits per heavy atom. The highest BCUT2D eigenvalue weighted by Crippen LogP contribution is 2.26. The highest BCUT2D eigenvalue weighted by Gasteiger charge is 2.10.